The van der Waals surface area contributed by atoms with Crippen molar-refractivity contribution < 1.29 is 0 Å². The molecular formula is C38H28N4. The lowest BCUT2D eigenvalue weighted by atomic mass is 10.0. The Kier molecular flexibility index (Phi) is 6.85. The van der Waals surface area contributed by atoms with Crippen LogP contribution in [0, 0.1) is 0 Å². The molecule has 0 fully saturated rings. The summed E-state index contributed by atoms with van der Waals surface area (Å²) in [5.41, 5.74) is 8.71. The smallest absolute Gasteiger partial charge is 0.168 e. The Morgan fingerprint density at radius 3 is 1.19 bits per heavy atom. The first-order valence-corrected chi connectivity index (χ1v) is 14.0. The van der Waals surface area contributed by atoms with Gasteiger partial charge >= 0.3 is 0 Å². The zero-order valence-electron chi connectivity index (χ0n) is 23.0. The molecule has 0 saturated carbocycles. The van der Waals surface area contributed by atoms with Gasteiger partial charge in [0.1, 0.15) is 0 Å². The van der Waals surface area contributed by atoms with E-state index in [0.29, 0.717) is 0 Å². The van der Waals surface area contributed by atoms with Crippen molar-refractivity contribution >= 4 is 17.1 Å². The second-order valence-corrected chi connectivity index (χ2v) is 10.0. The third kappa shape index (κ3) is 4.98. The molecule has 0 saturated heterocycles. The van der Waals surface area contributed by atoms with Crippen molar-refractivity contribution in [3.63, 3.8) is 0 Å². The number of hydrogen-bond acceptors (Lipinski definition) is 3. The number of rotatable bonds is 7. The van der Waals surface area contributed by atoms with Crippen molar-refractivity contribution in [1.29, 1.82) is 0 Å². The van der Waals surface area contributed by atoms with Gasteiger partial charge in [-0.05, 0) is 59.7 Å². The zero-order valence-corrected chi connectivity index (χ0v) is 23.0. The van der Waals surface area contributed by atoms with Gasteiger partial charge in [0.25, 0.3) is 0 Å². The van der Waals surface area contributed by atoms with Crippen molar-refractivity contribution in [1.82, 2.24) is 14.8 Å². The van der Waals surface area contributed by atoms with Crippen molar-refractivity contribution in [2.24, 2.45) is 0 Å². The lowest BCUT2D eigenvalue weighted by molar-refractivity contribution is 1.07. The molecule has 4 heteroatoms. The van der Waals surface area contributed by atoms with Crippen LogP contribution in [0.15, 0.2) is 170 Å². The van der Waals surface area contributed by atoms with Gasteiger partial charge in [0.2, 0.25) is 0 Å². The van der Waals surface area contributed by atoms with Crippen LogP contribution in [0.3, 0.4) is 0 Å². The molecule has 0 aliphatic heterocycles. The Morgan fingerprint density at radius 2 is 0.690 bits per heavy atom. The summed E-state index contributed by atoms with van der Waals surface area (Å²) in [5, 5.41) is 9.24. The fourth-order valence-corrected chi connectivity index (χ4v) is 5.28. The van der Waals surface area contributed by atoms with Gasteiger partial charge in [0.15, 0.2) is 11.6 Å². The molecule has 7 aromatic rings. The van der Waals surface area contributed by atoms with Gasteiger partial charge in [-0.3, -0.25) is 4.57 Å². The predicted octanol–water partition coefficient (Wildman–Crippen LogP) is 9.74. The van der Waals surface area contributed by atoms with Crippen molar-refractivity contribution in [2.75, 3.05) is 4.90 Å². The Morgan fingerprint density at radius 1 is 0.333 bits per heavy atom. The molecule has 0 amide bonds. The average molecular weight is 541 g/mol. The average Bonchev–Trinajstić information content (AvgIpc) is 3.53. The van der Waals surface area contributed by atoms with E-state index >= 15 is 0 Å². The molecule has 0 aliphatic rings. The van der Waals surface area contributed by atoms with E-state index in [9.17, 15) is 0 Å². The zero-order chi connectivity index (χ0) is 28.1. The normalized spacial score (nSPS) is 10.9. The largest absolute Gasteiger partial charge is 0.311 e. The summed E-state index contributed by atoms with van der Waals surface area (Å²) in [6.45, 7) is 0. The van der Waals surface area contributed by atoms with Crippen molar-refractivity contribution in [2.45, 2.75) is 0 Å². The third-order valence-electron chi connectivity index (χ3n) is 7.34. The van der Waals surface area contributed by atoms with Crippen LogP contribution in [0.5, 0.6) is 0 Å². The van der Waals surface area contributed by atoms with Gasteiger partial charge < -0.3 is 4.90 Å². The Balaban J connectivity index is 1.21. The van der Waals surface area contributed by atoms with E-state index in [1.807, 2.05) is 48.5 Å². The molecule has 0 radical (unpaired) electrons. The number of anilines is 3. The fraction of sp³-hybridized carbons (Fsp3) is 0. The van der Waals surface area contributed by atoms with Gasteiger partial charge in [-0.25, -0.2) is 0 Å². The molecule has 6 aromatic carbocycles. The highest BCUT2D eigenvalue weighted by Gasteiger charge is 2.17. The van der Waals surface area contributed by atoms with Crippen LogP contribution in [0.4, 0.5) is 17.1 Å². The third-order valence-corrected chi connectivity index (χ3v) is 7.34. The van der Waals surface area contributed by atoms with E-state index < -0.39 is 0 Å². The molecule has 0 aliphatic carbocycles. The van der Waals surface area contributed by atoms with Gasteiger partial charge in [-0.1, -0.05) is 121 Å². The first-order valence-electron chi connectivity index (χ1n) is 14.0. The number of aromatic nitrogens is 3. The van der Waals surface area contributed by atoms with Crippen molar-refractivity contribution in [3.05, 3.63) is 170 Å². The van der Waals surface area contributed by atoms with E-state index in [1.165, 1.54) is 0 Å². The molecule has 200 valence electrons. The minimum absolute atomic E-state index is 0.809. The van der Waals surface area contributed by atoms with Crippen LogP contribution >= 0.6 is 0 Å². The van der Waals surface area contributed by atoms with Crippen LogP contribution in [0.25, 0.3) is 39.6 Å². The van der Waals surface area contributed by atoms with E-state index in [1.54, 1.807) is 0 Å². The minimum atomic E-state index is 0.809. The number of hydrogen-bond donors (Lipinski definition) is 0. The van der Waals surface area contributed by atoms with Gasteiger partial charge in [0.05, 0.1) is 0 Å². The predicted molar refractivity (Wildman–Crippen MR) is 172 cm³/mol. The molecule has 4 nitrogen and oxygen atoms in total. The standard InChI is InChI=1S/C38H28N4/c1-5-13-31(14-6-1)37-39-40-38(42(37)35-19-11-4-12-20-35)32-23-21-29(22-24-32)30-25-27-36(28-26-30)41(33-15-7-2-8-16-33)34-17-9-3-10-18-34/h1-28H. The quantitative estimate of drug-likeness (QED) is 0.202. The molecule has 0 spiro atoms. The van der Waals surface area contributed by atoms with Crippen LogP contribution < -0.4 is 4.90 Å². The summed E-state index contributed by atoms with van der Waals surface area (Å²) in [4.78, 5) is 2.27. The Bertz CT molecular complexity index is 1840. The second kappa shape index (κ2) is 11.4. The number of para-hydroxylation sites is 3. The summed E-state index contributed by atoms with van der Waals surface area (Å²) in [6, 6.07) is 58.7. The molecule has 42 heavy (non-hydrogen) atoms. The summed E-state index contributed by atoms with van der Waals surface area (Å²) >= 11 is 0. The molecule has 1 aromatic heterocycles. The fourth-order valence-electron chi connectivity index (χ4n) is 5.28. The first kappa shape index (κ1) is 25.2. The van der Waals surface area contributed by atoms with Gasteiger partial charge in [-0.15, -0.1) is 10.2 Å². The van der Waals surface area contributed by atoms with Gasteiger partial charge in [0, 0.05) is 33.9 Å². The van der Waals surface area contributed by atoms with Crippen LogP contribution in [0.1, 0.15) is 0 Å². The van der Waals surface area contributed by atoms with Crippen molar-refractivity contribution in [3.8, 4) is 39.6 Å². The maximum absolute atomic E-state index is 4.64. The highest BCUT2D eigenvalue weighted by molar-refractivity contribution is 5.78. The lowest BCUT2D eigenvalue weighted by Gasteiger charge is -2.25. The molecular weight excluding hydrogens is 512 g/mol. The maximum atomic E-state index is 4.64. The number of nitrogens with zero attached hydrogens (tertiary/aromatic N) is 4. The SMILES string of the molecule is c1ccc(-c2nnc(-c3ccc(-c4ccc(N(c5ccccc5)c5ccccc5)cc4)cc3)n2-c2ccccc2)cc1. The second-order valence-electron chi connectivity index (χ2n) is 10.0. The molecule has 0 bridgehead atoms. The molecule has 0 unspecified atom stereocenters. The first-order chi connectivity index (χ1) is 20.8. The lowest BCUT2D eigenvalue weighted by Crippen LogP contribution is -2.09. The summed E-state index contributed by atoms with van der Waals surface area (Å²) in [6.07, 6.45) is 0. The highest BCUT2D eigenvalue weighted by Crippen LogP contribution is 2.36. The van der Waals surface area contributed by atoms with E-state index in [4.69, 9.17) is 0 Å². The summed E-state index contributed by atoms with van der Waals surface area (Å²) < 4.78 is 2.13. The Hall–Kier alpha value is -5.74. The highest BCUT2D eigenvalue weighted by atomic mass is 15.3. The summed E-state index contributed by atoms with van der Waals surface area (Å²) in [7, 11) is 0. The molecule has 1 heterocycles. The maximum Gasteiger partial charge on any atom is 0.168 e. The molecule has 0 atom stereocenters. The monoisotopic (exact) mass is 540 g/mol. The minimum Gasteiger partial charge on any atom is -0.311 e. The topological polar surface area (TPSA) is 34.0 Å². The van der Waals surface area contributed by atoms with E-state index in [2.05, 4.69) is 141 Å². The van der Waals surface area contributed by atoms with Crippen LogP contribution in [0.2, 0.25) is 0 Å². The molecule has 0 N–H and O–H groups in total. The van der Waals surface area contributed by atoms with E-state index in [-0.39, 0.29) is 0 Å². The Labute approximate surface area is 245 Å². The van der Waals surface area contributed by atoms with Gasteiger partial charge in [-0.2, -0.15) is 0 Å². The molecule has 7 rings (SSSR count). The van der Waals surface area contributed by atoms with Crippen LogP contribution in [-0.2, 0) is 0 Å². The summed E-state index contributed by atoms with van der Waals surface area (Å²) in [5.74, 6) is 1.63. The van der Waals surface area contributed by atoms with E-state index in [0.717, 1.165) is 56.7 Å². The number of benzene rings is 6. The van der Waals surface area contributed by atoms with Crippen LogP contribution in [-0.4, -0.2) is 14.8 Å².